The van der Waals surface area contributed by atoms with Crippen molar-refractivity contribution in [3.8, 4) is 11.4 Å². The molecule has 0 radical (unpaired) electrons. The van der Waals surface area contributed by atoms with Gasteiger partial charge in [0.05, 0.1) is 6.04 Å². The summed E-state index contributed by atoms with van der Waals surface area (Å²) in [6, 6.07) is 6.33. The van der Waals surface area contributed by atoms with E-state index in [0.29, 0.717) is 6.04 Å². The Bertz CT molecular complexity index is 629. The van der Waals surface area contributed by atoms with Gasteiger partial charge in [-0.15, -0.1) is 5.10 Å². The highest BCUT2D eigenvalue weighted by molar-refractivity contribution is 5.62. The van der Waals surface area contributed by atoms with Gasteiger partial charge >= 0.3 is 0 Å². The van der Waals surface area contributed by atoms with Gasteiger partial charge in [-0.3, -0.25) is 0 Å². The highest BCUT2D eigenvalue weighted by Crippen LogP contribution is 2.46. The maximum atomic E-state index is 5.89. The molecule has 1 unspecified atom stereocenters. The molecule has 1 heterocycles. The van der Waals surface area contributed by atoms with Crippen LogP contribution in [-0.4, -0.2) is 20.2 Å². The van der Waals surface area contributed by atoms with Gasteiger partial charge in [0.25, 0.3) is 0 Å². The molecule has 106 valence electrons. The van der Waals surface area contributed by atoms with Crippen LogP contribution in [0.2, 0.25) is 0 Å². The number of hydrogen-bond donors (Lipinski definition) is 1. The summed E-state index contributed by atoms with van der Waals surface area (Å²) in [7, 11) is 0. The maximum Gasteiger partial charge on any atom is 0.182 e. The molecule has 1 aromatic carbocycles. The third kappa shape index (κ3) is 2.07. The molecule has 0 bridgehead atoms. The van der Waals surface area contributed by atoms with Crippen LogP contribution in [0, 0.1) is 12.3 Å². The maximum absolute atomic E-state index is 5.89. The Kier molecular flexibility index (Phi) is 3.00. The molecule has 0 amide bonds. The van der Waals surface area contributed by atoms with E-state index < -0.39 is 0 Å². The van der Waals surface area contributed by atoms with Gasteiger partial charge in [-0.1, -0.05) is 20.3 Å². The Morgan fingerprint density at radius 1 is 1.35 bits per heavy atom. The number of anilines is 1. The van der Waals surface area contributed by atoms with Gasteiger partial charge in [-0.2, -0.15) is 0 Å². The second kappa shape index (κ2) is 4.58. The van der Waals surface area contributed by atoms with Crippen molar-refractivity contribution in [3.05, 3.63) is 23.8 Å². The number of hydrogen-bond acceptors (Lipinski definition) is 4. The number of nitrogens with two attached hydrogens (primary N) is 1. The lowest BCUT2D eigenvalue weighted by Crippen LogP contribution is -2.23. The van der Waals surface area contributed by atoms with E-state index in [1.165, 1.54) is 12.8 Å². The summed E-state index contributed by atoms with van der Waals surface area (Å²) in [4.78, 5) is 0. The number of rotatable bonds is 2. The summed E-state index contributed by atoms with van der Waals surface area (Å²) in [5, 5.41) is 12.4. The second-order valence-corrected chi connectivity index (χ2v) is 6.42. The Balaban J connectivity index is 2.04. The number of benzene rings is 1. The average molecular weight is 271 g/mol. The summed E-state index contributed by atoms with van der Waals surface area (Å²) >= 11 is 0. The van der Waals surface area contributed by atoms with Gasteiger partial charge in [-0.05, 0) is 59.4 Å². The van der Waals surface area contributed by atoms with Gasteiger partial charge in [-0.25, -0.2) is 4.68 Å². The summed E-state index contributed by atoms with van der Waals surface area (Å²) in [6.45, 7) is 6.60. The normalized spacial score (nSPS) is 21.2. The van der Waals surface area contributed by atoms with E-state index >= 15 is 0 Å². The van der Waals surface area contributed by atoms with E-state index in [9.17, 15) is 0 Å². The quantitative estimate of drug-likeness (QED) is 0.852. The molecule has 3 rings (SSSR count). The molecule has 2 aromatic rings. The van der Waals surface area contributed by atoms with Crippen molar-refractivity contribution in [1.82, 2.24) is 20.2 Å². The lowest BCUT2D eigenvalue weighted by molar-refractivity contribution is 0.242. The molecule has 1 saturated carbocycles. The fourth-order valence-electron chi connectivity index (χ4n) is 3.17. The topological polar surface area (TPSA) is 69.6 Å². The Hall–Kier alpha value is -1.91. The van der Waals surface area contributed by atoms with E-state index in [1.54, 1.807) is 0 Å². The van der Waals surface area contributed by atoms with Crippen molar-refractivity contribution in [2.75, 3.05) is 5.73 Å². The first-order valence-corrected chi connectivity index (χ1v) is 7.13. The third-order valence-corrected chi connectivity index (χ3v) is 4.52. The predicted octanol–water partition coefficient (Wildman–Crippen LogP) is 2.98. The fourth-order valence-corrected chi connectivity index (χ4v) is 3.17. The molecule has 1 aliphatic carbocycles. The first kappa shape index (κ1) is 13.1. The highest BCUT2D eigenvalue weighted by Gasteiger charge is 2.38. The summed E-state index contributed by atoms with van der Waals surface area (Å²) in [5.74, 6) is 0.841. The van der Waals surface area contributed by atoms with Gasteiger partial charge < -0.3 is 5.73 Å². The van der Waals surface area contributed by atoms with Crippen molar-refractivity contribution < 1.29 is 0 Å². The predicted molar refractivity (Wildman–Crippen MR) is 79.1 cm³/mol. The molecule has 1 fully saturated rings. The monoisotopic (exact) mass is 271 g/mol. The summed E-state index contributed by atoms with van der Waals surface area (Å²) in [6.07, 6.45) is 3.59. The molecule has 5 heteroatoms. The molecule has 5 nitrogen and oxygen atoms in total. The van der Waals surface area contributed by atoms with Gasteiger partial charge in [0, 0.05) is 11.3 Å². The first-order chi connectivity index (χ1) is 9.49. The molecule has 1 aromatic heterocycles. The van der Waals surface area contributed by atoms with Crippen LogP contribution in [0.1, 0.15) is 44.7 Å². The van der Waals surface area contributed by atoms with E-state index in [-0.39, 0.29) is 5.41 Å². The van der Waals surface area contributed by atoms with Crippen LogP contribution >= 0.6 is 0 Å². The molecule has 0 spiro atoms. The molecule has 1 aliphatic rings. The van der Waals surface area contributed by atoms with Crippen molar-refractivity contribution in [2.45, 2.75) is 46.1 Å². The lowest BCUT2D eigenvalue weighted by Gasteiger charge is -2.27. The van der Waals surface area contributed by atoms with Crippen molar-refractivity contribution in [3.63, 3.8) is 0 Å². The molecule has 0 saturated heterocycles. The van der Waals surface area contributed by atoms with Crippen LogP contribution in [0.25, 0.3) is 11.4 Å². The van der Waals surface area contributed by atoms with Crippen LogP contribution in [0.3, 0.4) is 0 Å². The summed E-state index contributed by atoms with van der Waals surface area (Å²) < 4.78 is 2.00. The lowest BCUT2D eigenvalue weighted by atomic mass is 9.87. The zero-order valence-electron chi connectivity index (χ0n) is 12.3. The third-order valence-electron chi connectivity index (χ3n) is 4.52. The zero-order valence-corrected chi connectivity index (χ0v) is 12.3. The van der Waals surface area contributed by atoms with Crippen LogP contribution in [0.4, 0.5) is 5.69 Å². The van der Waals surface area contributed by atoms with E-state index in [2.05, 4.69) is 35.4 Å². The standard InChI is InChI=1S/C15H21N5/c1-10-9-11(6-7-12(10)16)14-17-18-19-20(14)13-5-4-8-15(13,2)3/h6-7,9,13H,4-5,8,16H2,1-3H3. The number of aryl methyl sites for hydroxylation is 1. The minimum atomic E-state index is 0.243. The highest BCUT2D eigenvalue weighted by atomic mass is 15.6. The molecule has 2 N–H and O–H groups in total. The Morgan fingerprint density at radius 3 is 2.80 bits per heavy atom. The van der Waals surface area contributed by atoms with Crippen LogP contribution < -0.4 is 5.73 Å². The van der Waals surface area contributed by atoms with Crippen molar-refractivity contribution in [2.24, 2.45) is 5.41 Å². The Labute approximate surface area is 119 Å². The van der Waals surface area contributed by atoms with E-state index in [1.807, 2.05) is 23.7 Å². The van der Waals surface area contributed by atoms with Crippen LogP contribution in [0.15, 0.2) is 18.2 Å². The first-order valence-electron chi connectivity index (χ1n) is 7.13. The summed E-state index contributed by atoms with van der Waals surface area (Å²) in [5.41, 5.74) is 9.02. The van der Waals surface area contributed by atoms with Gasteiger partial charge in [0.1, 0.15) is 0 Å². The van der Waals surface area contributed by atoms with Crippen molar-refractivity contribution in [1.29, 1.82) is 0 Å². The number of nitrogen functional groups attached to an aromatic ring is 1. The minimum absolute atomic E-state index is 0.243. The molecule has 20 heavy (non-hydrogen) atoms. The van der Waals surface area contributed by atoms with Crippen LogP contribution in [0.5, 0.6) is 0 Å². The van der Waals surface area contributed by atoms with Crippen LogP contribution in [-0.2, 0) is 0 Å². The number of nitrogens with zero attached hydrogens (tertiary/aromatic N) is 4. The Morgan fingerprint density at radius 2 is 2.15 bits per heavy atom. The number of aromatic nitrogens is 4. The van der Waals surface area contributed by atoms with Crippen molar-refractivity contribution >= 4 is 5.69 Å². The van der Waals surface area contributed by atoms with E-state index in [4.69, 9.17) is 5.73 Å². The zero-order chi connectivity index (χ0) is 14.3. The van der Waals surface area contributed by atoms with E-state index in [0.717, 1.165) is 29.1 Å². The largest absolute Gasteiger partial charge is 0.399 e. The van der Waals surface area contributed by atoms with Gasteiger partial charge in [0.15, 0.2) is 5.82 Å². The smallest absolute Gasteiger partial charge is 0.182 e. The average Bonchev–Trinajstić information content (AvgIpc) is 2.98. The minimum Gasteiger partial charge on any atom is -0.399 e. The molecular weight excluding hydrogens is 250 g/mol. The fraction of sp³-hybridized carbons (Fsp3) is 0.533. The second-order valence-electron chi connectivity index (χ2n) is 6.42. The molecule has 0 aliphatic heterocycles. The number of tetrazole rings is 1. The molecule has 1 atom stereocenters. The SMILES string of the molecule is Cc1cc(-c2nnnn2C2CCCC2(C)C)ccc1N. The molecular formula is C15H21N5. The van der Waals surface area contributed by atoms with Gasteiger partial charge in [0.2, 0.25) is 0 Å².